The molecule has 0 atom stereocenters. The van der Waals surface area contributed by atoms with Crippen molar-refractivity contribution in [3.05, 3.63) is 188 Å². The Labute approximate surface area is 349 Å². The number of alkyl halides is 4. The lowest BCUT2D eigenvalue weighted by Gasteiger charge is -2.20. The number of hydrogen-bond donors (Lipinski definition) is 0. The average Bonchev–Trinajstić information content (AvgIpc) is 3.10. The van der Waals surface area contributed by atoms with Crippen LogP contribution in [0.1, 0.15) is 18.1 Å². The summed E-state index contributed by atoms with van der Waals surface area (Å²) in [5.74, 6) is -20.8. The SMILES string of the molecule is Cc1ccc(F)cc1.Fc1cc(OC(F)(F)c2c(F)cc(Br)cc2F)cc(F)c1F.Fc1ccc(-c2cc(F)c(C(F)(F)Oc3cc(F)c(F)c(F)c3)c(F)c2)cc1.I.[HH]. The van der Waals surface area contributed by atoms with E-state index in [9.17, 15) is 70.2 Å². The first-order valence-electron chi connectivity index (χ1n) is 15.5. The molecule has 0 aromatic heterocycles. The van der Waals surface area contributed by atoms with E-state index in [2.05, 4.69) is 25.4 Å². The van der Waals surface area contributed by atoms with Crippen LogP contribution in [0.15, 0.2) is 102 Å². The van der Waals surface area contributed by atoms with Crippen LogP contribution in [0.25, 0.3) is 11.1 Å². The van der Waals surface area contributed by atoms with Crippen molar-refractivity contribution in [2.24, 2.45) is 0 Å². The molecular formula is C39H22BrF16IO2. The van der Waals surface area contributed by atoms with E-state index >= 15 is 0 Å². The topological polar surface area (TPSA) is 18.5 Å². The molecule has 0 bridgehead atoms. The summed E-state index contributed by atoms with van der Waals surface area (Å²) in [5.41, 5.74) is -2.48. The fraction of sp³-hybridized carbons (Fsp3) is 0.0769. The zero-order valence-corrected chi connectivity index (χ0v) is 32.8. The Balaban J connectivity index is 0.000000345. The maximum Gasteiger partial charge on any atom is 0.432 e. The maximum absolute atomic E-state index is 14.2. The molecule has 0 fully saturated rings. The van der Waals surface area contributed by atoms with Gasteiger partial charge in [-0.25, -0.2) is 52.7 Å². The Morgan fingerprint density at radius 3 is 1.05 bits per heavy atom. The van der Waals surface area contributed by atoms with Crippen molar-refractivity contribution in [3.63, 3.8) is 0 Å². The minimum atomic E-state index is -4.67. The van der Waals surface area contributed by atoms with E-state index in [0.29, 0.717) is 24.3 Å². The van der Waals surface area contributed by atoms with Gasteiger partial charge in [0.1, 0.15) is 57.5 Å². The minimum absolute atomic E-state index is 0. The molecule has 0 spiro atoms. The van der Waals surface area contributed by atoms with Gasteiger partial charge in [-0.3, -0.25) is 0 Å². The molecule has 0 saturated carbocycles. The summed E-state index contributed by atoms with van der Waals surface area (Å²) in [4.78, 5) is 0. The summed E-state index contributed by atoms with van der Waals surface area (Å²) in [6.07, 6.45) is -9.25. The van der Waals surface area contributed by atoms with Crippen LogP contribution in [-0.4, -0.2) is 0 Å². The van der Waals surface area contributed by atoms with Gasteiger partial charge in [0.25, 0.3) is 0 Å². The third-order valence-corrected chi connectivity index (χ3v) is 7.68. The Morgan fingerprint density at radius 2 is 0.729 bits per heavy atom. The summed E-state index contributed by atoms with van der Waals surface area (Å²) in [7, 11) is 0. The first-order valence-corrected chi connectivity index (χ1v) is 16.3. The molecule has 0 aliphatic rings. The third-order valence-electron chi connectivity index (χ3n) is 7.23. The molecule has 59 heavy (non-hydrogen) atoms. The van der Waals surface area contributed by atoms with Crippen LogP contribution >= 0.6 is 39.9 Å². The van der Waals surface area contributed by atoms with Crippen LogP contribution in [0.2, 0.25) is 0 Å². The molecular weight excluding hydrogens is 1010 g/mol. The Hall–Kier alpha value is -4.99. The van der Waals surface area contributed by atoms with Gasteiger partial charge in [0.05, 0.1) is 0 Å². The fourth-order valence-corrected chi connectivity index (χ4v) is 5.00. The average molecular weight is 1030 g/mol. The number of aryl methyl sites for hydroxylation is 1. The molecule has 316 valence electrons. The van der Waals surface area contributed by atoms with Crippen LogP contribution in [0.5, 0.6) is 11.5 Å². The van der Waals surface area contributed by atoms with Crippen LogP contribution in [0.3, 0.4) is 0 Å². The van der Waals surface area contributed by atoms with Crippen molar-refractivity contribution in [3.8, 4) is 22.6 Å². The molecule has 0 heterocycles. The minimum Gasteiger partial charge on any atom is -0.429 e. The Kier molecular flexibility index (Phi) is 16.3. The normalized spacial score (nSPS) is 11.1. The molecule has 6 aromatic carbocycles. The number of ether oxygens (including phenoxy) is 2. The lowest BCUT2D eigenvalue weighted by atomic mass is 10.0. The highest BCUT2D eigenvalue weighted by molar-refractivity contribution is 14.0. The Morgan fingerprint density at radius 1 is 0.424 bits per heavy atom. The van der Waals surface area contributed by atoms with E-state index < -0.39 is 98.8 Å². The maximum atomic E-state index is 14.2. The second kappa shape index (κ2) is 19.8. The quantitative estimate of drug-likeness (QED) is 0.0901. The number of halogens is 18. The third kappa shape index (κ3) is 12.5. The largest absolute Gasteiger partial charge is 0.432 e. The Bertz CT molecular complexity index is 2310. The standard InChI is InChI=1S/C19H8F8O.C13H4BrF7O.C7H7F.HI.H2/c20-11-3-1-9(2-4-11)10-5-13(21)17(14(22)6-10)19(26,27)28-12-7-15(23)18(25)16(24)8-12;14-5-1-7(15)11(8(16)2-5)13(20,21)22-6-3-9(17)12(19)10(18)4-6;1-6-2-4-7(8)5-3-6;;/h1-8H;1-4H;2-5H,1H3;2*1H. The fourth-order valence-electron chi connectivity index (χ4n) is 4.59. The summed E-state index contributed by atoms with van der Waals surface area (Å²) in [6, 6.07) is 13.5. The zero-order valence-electron chi connectivity index (χ0n) is 28.9. The molecule has 0 unspecified atom stereocenters. The van der Waals surface area contributed by atoms with E-state index in [4.69, 9.17) is 0 Å². The van der Waals surface area contributed by atoms with Gasteiger partial charge in [-0.15, -0.1) is 24.0 Å². The molecule has 20 heteroatoms. The molecule has 0 aliphatic heterocycles. The predicted molar refractivity (Wildman–Crippen MR) is 196 cm³/mol. The molecule has 2 nitrogen and oxygen atoms in total. The van der Waals surface area contributed by atoms with Crippen LogP contribution in [0, 0.1) is 76.7 Å². The molecule has 6 aromatic rings. The summed E-state index contributed by atoms with van der Waals surface area (Å²) < 4.78 is 222. The molecule has 0 radical (unpaired) electrons. The van der Waals surface area contributed by atoms with Crippen LogP contribution in [0.4, 0.5) is 70.2 Å². The van der Waals surface area contributed by atoms with Gasteiger partial charge < -0.3 is 9.47 Å². The first kappa shape index (κ1) is 48.4. The zero-order chi connectivity index (χ0) is 43.3. The molecule has 0 amide bonds. The van der Waals surface area contributed by atoms with E-state index in [1.54, 1.807) is 12.1 Å². The summed E-state index contributed by atoms with van der Waals surface area (Å²) in [6.45, 7) is 1.93. The highest BCUT2D eigenvalue weighted by atomic mass is 127. The predicted octanol–water partition coefficient (Wildman–Crippen LogP) is 14.6. The van der Waals surface area contributed by atoms with Gasteiger partial charge in [0.15, 0.2) is 34.9 Å². The lowest BCUT2D eigenvalue weighted by Crippen LogP contribution is -2.25. The van der Waals surface area contributed by atoms with Crippen molar-refractivity contribution in [2.75, 3.05) is 0 Å². The van der Waals surface area contributed by atoms with Gasteiger partial charge in [-0.2, -0.15) is 17.6 Å². The highest BCUT2D eigenvalue weighted by Gasteiger charge is 2.42. The number of hydrogen-bond acceptors (Lipinski definition) is 2. The van der Waals surface area contributed by atoms with E-state index in [-0.39, 0.29) is 71.1 Å². The van der Waals surface area contributed by atoms with Crippen LogP contribution in [-0.2, 0) is 12.2 Å². The van der Waals surface area contributed by atoms with Gasteiger partial charge >= 0.3 is 12.2 Å². The van der Waals surface area contributed by atoms with Gasteiger partial charge in [-0.1, -0.05) is 45.8 Å². The van der Waals surface area contributed by atoms with Gasteiger partial charge in [-0.05, 0) is 66.6 Å². The monoisotopic (exact) mass is 1030 g/mol. The first-order chi connectivity index (χ1) is 27.0. The van der Waals surface area contributed by atoms with E-state index in [0.717, 1.165) is 17.7 Å². The van der Waals surface area contributed by atoms with Crippen molar-refractivity contribution >= 4 is 39.9 Å². The molecule has 0 N–H and O–H groups in total. The number of rotatable bonds is 7. The molecule has 0 saturated heterocycles. The van der Waals surface area contributed by atoms with Crippen molar-refractivity contribution < 1.29 is 81.1 Å². The number of benzene rings is 6. The van der Waals surface area contributed by atoms with Gasteiger partial charge in [0, 0.05) is 30.2 Å². The molecule has 6 rings (SSSR count). The molecule has 0 aliphatic carbocycles. The van der Waals surface area contributed by atoms with Crippen molar-refractivity contribution in [1.82, 2.24) is 0 Å². The lowest BCUT2D eigenvalue weighted by molar-refractivity contribution is -0.190. The van der Waals surface area contributed by atoms with Crippen molar-refractivity contribution in [1.29, 1.82) is 0 Å². The second-order valence-corrected chi connectivity index (χ2v) is 12.4. The summed E-state index contributed by atoms with van der Waals surface area (Å²) in [5, 5.41) is 0. The van der Waals surface area contributed by atoms with E-state index in [1.807, 2.05) is 6.92 Å². The smallest absolute Gasteiger partial charge is 0.429 e. The van der Waals surface area contributed by atoms with Crippen LogP contribution < -0.4 is 9.47 Å². The summed E-state index contributed by atoms with van der Waals surface area (Å²) >= 11 is 2.70. The van der Waals surface area contributed by atoms with Gasteiger partial charge in [0.2, 0.25) is 0 Å². The highest BCUT2D eigenvalue weighted by Crippen LogP contribution is 2.39. The van der Waals surface area contributed by atoms with Crippen molar-refractivity contribution in [2.45, 2.75) is 19.1 Å². The van der Waals surface area contributed by atoms with E-state index in [1.165, 1.54) is 24.3 Å². The second-order valence-electron chi connectivity index (χ2n) is 11.5.